The molecule has 0 aliphatic heterocycles. The molecule has 110 valence electrons. The average Bonchev–Trinajstić information content (AvgIpc) is 2.92. The highest BCUT2D eigenvalue weighted by Gasteiger charge is 2.10. The largest absolute Gasteiger partial charge is 0.356 e. The van der Waals surface area contributed by atoms with E-state index in [2.05, 4.69) is 31.8 Å². The van der Waals surface area contributed by atoms with E-state index in [4.69, 9.17) is 0 Å². The molecular weight excluding hydrogens is 354 g/mol. The number of amides is 2. The maximum atomic E-state index is 12.0. The van der Waals surface area contributed by atoms with Crippen LogP contribution in [0.15, 0.2) is 41.0 Å². The molecule has 0 spiro atoms. The standard InChI is InChI=1S/C14H14BrN3O2S/c1-21-8-9-3-2-4-10(5-9)13(19)17-18-14(20)12-6-11(15)7-16-12/h2-7,16H,8H2,1H3,(H,17,19)(H,18,20). The van der Waals surface area contributed by atoms with Crippen LogP contribution in [0.4, 0.5) is 0 Å². The van der Waals surface area contributed by atoms with E-state index in [-0.39, 0.29) is 5.91 Å². The Labute approximate surface area is 135 Å². The third kappa shape index (κ3) is 4.37. The van der Waals surface area contributed by atoms with Crippen LogP contribution in [0.3, 0.4) is 0 Å². The lowest BCUT2D eigenvalue weighted by Crippen LogP contribution is -2.41. The number of hydrogen-bond acceptors (Lipinski definition) is 3. The van der Waals surface area contributed by atoms with Gasteiger partial charge in [-0.25, -0.2) is 0 Å². The number of nitrogens with one attached hydrogen (secondary N) is 3. The Kier molecular flexibility index (Phi) is 5.46. The number of halogens is 1. The molecule has 2 rings (SSSR count). The topological polar surface area (TPSA) is 74.0 Å². The van der Waals surface area contributed by atoms with Crippen LogP contribution in [0, 0.1) is 0 Å². The molecule has 3 N–H and O–H groups in total. The first-order chi connectivity index (χ1) is 10.1. The summed E-state index contributed by atoms with van der Waals surface area (Å²) in [4.78, 5) is 26.6. The molecule has 1 aromatic carbocycles. The van der Waals surface area contributed by atoms with Crippen molar-refractivity contribution < 1.29 is 9.59 Å². The molecule has 0 bridgehead atoms. The van der Waals surface area contributed by atoms with Gasteiger partial charge >= 0.3 is 0 Å². The van der Waals surface area contributed by atoms with Gasteiger partial charge in [-0.3, -0.25) is 20.4 Å². The summed E-state index contributed by atoms with van der Waals surface area (Å²) in [5, 5.41) is 0. The van der Waals surface area contributed by atoms with Crippen molar-refractivity contribution in [3.05, 3.63) is 57.8 Å². The maximum Gasteiger partial charge on any atom is 0.286 e. The van der Waals surface area contributed by atoms with E-state index in [1.54, 1.807) is 30.1 Å². The lowest BCUT2D eigenvalue weighted by Gasteiger charge is -2.07. The van der Waals surface area contributed by atoms with Gasteiger partial charge in [0.2, 0.25) is 0 Å². The van der Waals surface area contributed by atoms with Crippen molar-refractivity contribution in [2.24, 2.45) is 0 Å². The summed E-state index contributed by atoms with van der Waals surface area (Å²) in [5.41, 5.74) is 6.69. The first kappa shape index (κ1) is 15.7. The van der Waals surface area contributed by atoms with Gasteiger partial charge < -0.3 is 4.98 Å². The highest BCUT2D eigenvalue weighted by molar-refractivity contribution is 9.10. The van der Waals surface area contributed by atoms with Crippen LogP contribution in [0.1, 0.15) is 26.4 Å². The SMILES string of the molecule is CSCc1cccc(C(=O)NNC(=O)c2cc(Br)c[nH]2)c1. The second-order valence-corrected chi connectivity index (χ2v) is 6.05. The number of hydrogen-bond donors (Lipinski definition) is 3. The number of rotatable bonds is 4. The molecule has 0 radical (unpaired) electrons. The summed E-state index contributed by atoms with van der Waals surface area (Å²) >= 11 is 4.92. The smallest absolute Gasteiger partial charge is 0.286 e. The van der Waals surface area contributed by atoms with E-state index >= 15 is 0 Å². The maximum absolute atomic E-state index is 12.0. The number of H-pyrrole nitrogens is 1. The van der Waals surface area contributed by atoms with Gasteiger partial charge in [0.05, 0.1) is 0 Å². The van der Waals surface area contributed by atoms with Gasteiger partial charge in [-0.2, -0.15) is 11.8 Å². The Morgan fingerprint density at radius 2 is 2.00 bits per heavy atom. The third-order valence-corrected chi connectivity index (χ3v) is 3.76. The van der Waals surface area contributed by atoms with Crippen molar-refractivity contribution in [2.75, 3.05) is 6.26 Å². The van der Waals surface area contributed by atoms with Crippen LogP contribution >= 0.6 is 27.7 Å². The second kappa shape index (κ2) is 7.33. The number of hydrazine groups is 1. The van der Waals surface area contributed by atoms with E-state index < -0.39 is 5.91 Å². The average molecular weight is 368 g/mol. The minimum absolute atomic E-state index is 0.350. The molecule has 0 atom stereocenters. The highest BCUT2D eigenvalue weighted by Crippen LogP contribution is 2.12. The van der Waals surface area contributed by atoms with Gasteiger partial charge in [0.25, 0.3) is 11.8 Å². The zero-order chi connectivity index (χ0) is 15.2. The van der Waals surface area contributed by atoms with Gasteiger partial charge in [-0.05, 0) is 45.9 Å². The summed E-state index contributed by atoms with van der Waals surface area (Å²) < 4.78 is 0.767. The van der Waals surface area contributed by atoms with Gasteiger partial charge in [0.15, 0.2) is 0 Å². The number of aromatic nitrogens is 1. The molecule has 2 aromatic rings. The zero-order valence-corrected chi connectivity index (χ0v) is 13.7. The first-order valence-electron chi connectivity index (χ1n) is 6.12. The Morgan fingerprint density at radius 3 is 2.67 bits per heavy atom. The number of aromatic amines is 1. The molecule has 1 heterocycles. The fourth-order valence-corrected chi connectivity index (χ4v) is 2.58. The minimum Gasteiger partial charge on any atom is -0.356 e. The van der Waals surface area contributed by atoms with Gasteiger partial charge in [0.1, 0.15) is 5.69 Å². The van der Waals surface area contributed by atoms with Crippen molar-refractivity contribution >= 4 is 39.5 Å². The van der Waals surface area contributed by atoms with Crippen LogP contribution < -0.4 is 10.9 Å². The molecule has 0 aliphatic rings. The van der Waals surface area contributed by atoms with E-state index in [1.165, 1.54) is 0 Å². The Morgan fingerprint density at radius 1 is 1.24 bits per heavy atom. The molecule has 7 heteroatoms. The van der Waals surface area contributed by atoms with Crippen molar-refractivity contribution in [2.45, 2.75) is 5.75 Å². The lowest BCUT2D eigenvalue weighted by atomic mass is 10.1. The summed E-state index contributed by atoms with van der Waals surface area (Å²) in [6.45, 7) is 0. The molecule has 0 unspecified atom stereocenters. The number of benzene rings is 1. The minimum atomic E-state index is -0.408. The Bertz CT molecular complexity index is 657. The van der Waals surface area contributed by atoms with Crippen molar-refractivity contribution in [1.82, 2.24) is 15.8 Å². The lowest BCUT2D eigenvalue weighted by molar-refractivity contribution is 0.0844. The number of carbonyl (C=O) groups excluding carboxylic acids is 2. The Hall–Kier alpha value is -1.73. The van der Waals surface area contributed by atoms with Crippen LogP contribution in [-0.2, 0) is 5.75 Å². The number of thioether (sulfide) groups is 1. The van der Waals surface area contributed by atoms with E-state index in [0.29, 0.717) is 11.3 Å². The van der Waals surface area contributed by atoms with Crippen molar-refractivity contribution in [3.8, 4) is 0 Å². The molecule has 21 heavy (non-hydrogen) atoms. The fraction of sp³-hybridized carbons (Fsp3) is 0.143. The first-order valence-corrected chi connectivity index (χ1v) is 8.31. The van der Waals surface area contributed by atoms with Crippen molar-refractivity contribution in [1.29, 1.82) is 0 Å². The monoisotopic (exact) mass is 367 g/mol. The van der Waals surface area contributed by atoms with Gasteiger partial charge in [-0.1, -0.05) is 12.1 Å². The highest BCUT2D eigenvalue weighted by atomic mass is 79.9. The molecule has 0 fully saturated rings. The van der Waals surface area contributed by atoms with E-state index in [0.717, 1.165) is 15.8 Å². The van der Waals surface area contributed by atoms with E-state index in [9.17, 15) is 9.59 Å². The van der Waals surface area contributed by atoms with Crippen molar-refractivity contribution in [3.63, 3.8) is 0 Å². The van der Waals surface area contributed by atoms with Gasteiger partial charge in [-0.15, -0.1) is 0 Å². The quantitative estimate of drug-likeness (QED) is 0.727. The predicted octanol–water partition coefficient (Wildman–Crippen LogP) is 2.72. The number of carbonyl (C=O) groups is 2. The van der Waals surface area contributed by atoms with E-state index in [1.807, 2.05) is 24.5 Å². The Balaban J connectivity index is 1.95. The third-order valence-electron chi connectivity index (χ3n) is 2.68. The zero-order valence-electron chi connectivity index (χ0n) is 11.3. The van der Waals surface area contributed by atoms with Crippen LogP contribution in [-0.4, -0.2) is 23.1 Å². The molecule has 2 amide bonds. The van der Waals surface area contributed by atoms with Crippen LogP contribution in [0.5, 0.6) is 0 Å². The molecule has 0 saturated carbocycles. The fourth-order valence-electron chi connectivity index (χ4n) is 1.72. The molecule has 1 aromatic heterocycles. The molecule has 5 nitrogen and oxygen atoms in total. The second-order valence-electron chi connectivity index (χ2n) is 4.27. The predicted molar refractivity (Wildman–Crippen MR) is 87.1 cm³/mol. The summed E-state index contributed by atoms with van der Waals surface area (Å²) in [6, 6.07) is 8.92. The molecule has 0 aliphatic carbocycles. The summed E-state index contributed by atoms with van der Waals surface area (Å²) in [6.07, 6.45) is 3.64. The van der Waals surface area contributed by atoms with Crippen LogP contribution in [0.25, 0.3) is 0 Å². The normalized spacial score (nSPS) is 10.2. The molecular formula is C14H14BrN3O2S. The summed E-state index contributed by atoms with van der Waals surface area (Å²) in [7, 11) is 0. The summed E-state index contributed by atoms with van der Waals surface area (Å²) in [5.74, 6) is 0.0792. The van der Waals surface area contributed by atoms with Crippen LogP contribution in [0.2, 0.25) is 0 Å². The van der Waals surface area contributed by atoms with Gasteiger partial charge in [0, 0.05) is 22.0 Å². The molecule has 0 saturated heterocycles.